The van der Waals surface area contributed by atoms with E-state index in [1.165, 1.54) is 35.0 Å². The minimum atomic E-state index is -0.695. The van der Waals surface area contributed by atoms with Crippen molar-refractivity contribution >= 4 is 28.8 Å². The number of carbonyl (C=O) groups excluding carboxylic acids is 2. The van der Waals surface area contributed by atoms with Crippen LogP contribution in [-0.2, 0) is 22.6 Å². The second-order valence-electron chi connectivity index (χ2n) is 10.6. The molecule has 44 heavy (non-hydrogen) atoms. The number of rotatable bonds is 12. The largest absolute Gasteiger partial charge is 0.383 e. The van der Waals surface area contributed by atoms with E-state index in [0.29, 0.717) is 56.1 Å². The van der Waals surface area contributed by atoms with Crippen molar-refractivity contribution < 1.29 is 18.7 Å². The molecule has 5 heterocycles. The van der Waals surface area contributed by atoms with Crippen molar-refractivity contribution in [3.8, 4) is 11.4 Å². The highest BCUT2D eigenvalue weighted by atomic mass is 19.1. The number of anilines is 1. The highest BCUT2D eigenvalue weighted by molar-refractivity contribution is 6.05. The Morgan fingerprint density at radius 2 is 1.89 bits per heavy atom. The Hall–Kier alpha value is -4.72. The van der Waals surface area contributed by atoms with Crippen molar-refractivity contribution in [1.29, 1.82) is 0 Å². The number of nitrogens with one attached hydrogen (secondary N) is 1. The lowest BCUT2D eigenvalue weighted by molar-refractivity contribution is -0.133. The monoisotopic (exact) mass is 606 g/mol. The number of methoxy groups -OCH3 is 1. The number of ether oxygens (including phenoxy) is 1. The van der Waals surface area contributed by atoms with Crippen molar-refractivity contribution in [3.05, 3.63) is 69.0 Å². The maximum Gasteiger partial charge on any atom is 0.332 e. The summed E-state index contributed by atoms with van der Waals surface area (Å²) in [5.74, 6) is -0.311. The standard InChI is InChI=1S/C30H35FN8O5/c1-3-12-38-27-25(29(42)39(30(38)43)16-17-44-2)34-26(35-27)20-9-11-23(33-18-20)37(28(41)21-8-10-22(31)32-19-21)15-6-14-36-13-5-4-7-24(36)40/h8-11,18-19H,3-7,12-17H2,1-2H3,(H,34,35). The Kier molecular flexibility index (Phi) is 9.58. The number of aromatic amines is 1. The zero-order valence-electron chi connectivity index (χ0n) is 24.8. The molecule has 232 valence electrons. The number of imidazole rings is 1. The van der Waals surface area contributed by atoms with Crippen LogP contribution in [0, 0.1) is 5.95 Å². The molecule has 1 aliphatic rings. The van der Waals surface area contributed by atoms with Gasteiger partial charge in [-0.2, -0.15) is 4.39 Å². The number of hydrogen-bond acceptors (Lipinski definition) is 8. The second kappa shape index (κ2) is 13.7. The number of hydrogen-bond donors (Lipinski definition) is 1. The van der Waals surface area contributed by atoms with Crippen molar-refractivity contribution in [2.45, 2.75) is 52.1 Å². The minimum absolute atomic E-state index is 0.109. The smallest absolute Gasteiger partial charge is 0.332 e. The summed E-state index contributed by atoms with van der Waals surface area (Å²) in [6.07, 6.45) is 6.26. The van der Waals surface area contributed by atoms with E-state index < -0.39 is 23.1 Å². The van der Waals surface area contributed by atoms with Gasteiger partial charge in [-0.25, -0.2) is 19.7 Å². The molecule has 0 aromatic carbocycles. The highest BCUT2D eigenvalue weighted by Crippen LogP contribution is 2.22. The molecule has 0 atom stereocenters. The lowest BCUT2D eigenvalue weighted by atomic mass is 10.1. The molecule has 1 saturated heterocycles. The molecule has 4 aromatic heterocycles. The van der Waals surface area contributed by atoms with Gasteiger partial charge >= 0.3 is 5.69 Å². The Labute approximate surface area is 252 Å². The molecule has 14 heteroatoms. The predicted octanol–water partition coefficient (Wildman–Crippen LogP) is 2.59. The highest BCUT2D eigenvalue weighted by Gasteiger charge is 2.23. The number of aryl methyl sites for hydroxylation is 1. The van der Waals surface area contributed by atoms with Crippen LogP contribution in [0.3, 0.4) is 0 Å². The Balaban J connectivity index is 1.45. The van der Waals surface area contributed by atoms with E-state index in [9.17, 15) is 23.6 Å². The van der Waals surface area contributed by atoms with Gasteiger partial charge < -0.3 is 14.6 Å². The maximum absolute atomic E-state index is 13.5. The Bertz CT molecular complexity index is 1750. The number of amides is 2. The van der Waals surface area contributed by atoms with Crippen molar-refractivity contribution in [3.63, 3.8) is 0 Å². The van der Waals surface area contributed by atoms with Crippen LogP contribution in [0.25, 0.3) is 22.6 Å². The molecular formula is C30H35FN8O5. The number of aromatic nitrogens is 6. The summed E-state index contributed by atoms with van der Waals surface area (Å²) in [6, 6.07) is 5.85. The zero-order chi connectivity index (χ0) is 31.2. The van der Waals surface area contributed by atoms with Gasteiger partial charge in [0.1, 0.15) is 17.2 Å². The fourth-order valence-electron chi connectivity index (χ4n) is 5.29. The van der Waals surface area contributed by atoms with Gasteiger partial charge in [-0.3, -0.25) is 28.4 Å². The molecule has 1 aliphatic heterocycles. The second-order valence-corrected chi connectivity index (χ2v) is 10.6. The van der Waals surface area contributed by atoms with Crippen LogP contribution < -0.4 is 16.1 Å². The molecule has 1 N–H and O–H groups in total. The molecule has 0 bridgehead atoms. The normalized spacial score (nSPS) is 13.5. The van der Waals surface area contributed by atoms with Gasteiger partial charge in [0.25, 0.3) is 11.5 Å². The number of H-pyrrole nitrogens is 1. The van der Waals surface area contributed by atoms with Crippen LogP contribution in [0.15, 0.2) is 46.2 Å². The first-order valence-corrected chi connectivity index (χ1v) is 14.7. The molecule has 0 radical (unpaired) electrons. The van der Waals surface area contributed by atoms with E-state index in [2.05, 4.69) is 19.9 Å². The molecule has 0 saturated carbocycles. The van der Waals surface area contributed by atoms with Gasteiger partial charge in [0.15, 0.2) is 5.65 Å². The number of pyridine rings is 2. The molecule has 2 amide bonds. The first-order chi connectivity index (χ1) is 21.3. The van der Waals surface area contributed by atoms with Gasteiger partial charge in [-0.15, -0.1) is 0 Å². The van der Waals surface area contributed by atoms with Crippen molar-refractivity contribution in [1.82, 2.24) is 34.0 Å². The van der Waals surface area contributed by atoms with Crippen LogP contribution in [0.2, 0.25) is 0 Å². The molecule has 5 rings (SSSR count). The quantitative estimate of drug-likeness (QED) is 0.242. The Morgan fingerprint density at radius 3 is 2.57 bits per heavy atom. The molecule has 0 aliphatic carbocycles. The summed E-state index contributed by atoms with van der Waals surface area (Å²) in [5, 5.41) is 0. The number of piperidine rings is 1. The number of carbonyl (C=O) groups is 2. The maximum atomic E-state index is 13.5. The fourth-order valence-corrected chi connectivity index (χ4v) is 5.29. The van der Waals surface area contributed by atoms with E-state index in [0.717, 1.165) is 23.5 Å². The van der Waals surface area contributed by atoms with Crippen molar-refractivity contribution in [2.24, 2.45) is 0 Å². The van der Waals surface area contributed by atoms with E-state index in [4.69, 9.17) is 4.74 Å². The van der Waals surface area contributed by atoms with Gasteiger partial charge in [0, 0.05) is 57.7 Å². The zero-order valence-corrected chi connectivity index (χ0v) is 24.8. The lowest BCUT2D eigenvalue weighted by Gasteiger charge is -2.28. The van der Waals surface area contributed by atoms with E-state index in [-0.39, 0.29) is 42.3 Å². The summed E-state index contributed by atoms with van der Waals surface area (Å²) in [4.78, 5) is 71.1. The average molecular weight is 607 g/mol. The van der Waals surface area contributed by atoms with Gasteiger partial charge in [-0.1, -0.05) is 6.92 Å². The van der Waals surface area contributed by atoms with Gasteiger partial charge in [-0.05, 0) is 49.9 Å². The summed E-state index contributed by atoms with van der Waals surface area (Å²) >= 11 is 0. The van der Waals surface area contributed by atoms with Crippen LogP contribution in [0.4, 0.5) is 10.2 Å². The van der Waals surface area contributed by atoms with Crippen LogP contribution >= 0.6 is 0 Å². The van der Waals surface area contributed by atoms with Crippen molar-refractivity contribution in [2.75, 3.05) is 38.3 Å². The third kappa shape index (κ3) is 6.44. The van der Waals surface area contributed by atoms with E-state index >= 15 is 0 Å². The molecular weight excluding hydrogens is 571 g/mol. The summed E-state index contributed by atoms with van der Waals surface area (Å²) < 4.78 is 21.1. The lowest BCUT2D eigenvalue weighted by Crippen LogP contribution is -2.41. The predicted molar refractivity (Wildman–Crippen MR) is 161 cm³/mol. The molecule has 4 aromatic rings. The molecule has 0 spiro atoms. The third-order valence-corrected chi connectivity index (χ3v) is 7.58. The van der Waals surface area contributed by atoms with Gasteiger partial charge in [0.2, 0.25) is 11.9 Å². The number of nitrogens with zero attached hydrogens (tertiary/aromatic N) is 7. The molecule has 13 nitrogen and oxygen atoms in total. The minimum Gasteiger partial charge on any atom is -0.383 e. The number of fused-ring (bicyclic) bond motifs is 1. The number of halogens is 1. The SMILES string of the molecule is CCCn1c(=O)n(CCOC)c(=O)c2[nH]c(-c3ccc(N(CCCN4CCCCC4=O)C(=O)c4ccc(F)nc4)nc3)nc21. The topological polar surface area (TPSA) is 148 Å². The van der Waals surface area contributed by atoms with Gasteiger partial charge in [0.05, 0.1) is 18.7 Å². The van der Waals surface area contributed by atoms with Crippen LogP contribution in [0.5, 0.6) is 0 Å². The number of likely N-dealkylation sites (tertiary alicyclic amines) is 1. The summed E-state index contributed by atoms with van der Waals surface area (Å²) in [5.41, 5.74) is 0.238. The average Bonchev–Trinajstić information content (AvgIpc) is 3.48. The molecule has 0 unspecified atom stereocenters. The molecule has 1 fully saturated rings. The first-order valence-electron chi connectivity index (χ1n) is 14.7. The first kappa shape index (κ1) is 30.7. The fraction of sp³-hybridized carbons (Fsp3) is 0.433. The van der Waals surface area contributed by atoms with E-state index in [1.807, 2.05) is 11.8 Å². The van der Waals surface area contributed by atoms with Crippen LogP contribution in [0.1, 0.15) is 49.4 Å². The summed E-state index contributed by atoms with van der Waals surface area (Å²) in [6.45, 7) is 4.09. The van der Waals surface area contributed by atoms with Crippen LogP contribution in [-0.4, -0.2) is 79.1 Å². The van der Waals surface area contributed by atoms with E-state index in [1.54, 1.807) is 12.1 Å². The summed E-state index contributed by atoms with van der Waals surface area (Å²) in [7, 11) is 1.50. The Morgan fingerprint density at radius 1 is 1.05 bits per heavy atom. The third-order valence-electron chi connectivity index (χ3n) is 7.58.